The van der Waals surface area contributed by atoms with Crippen molar-refractivity contribution in [1.29, 1.82) is 0 Å². The maximum Gasteiger partial charge on any atom is 0.409 e. The first-order chi connectivity index (χ1) is 20.7. The Morgan fingerprint density at radius 3 is 2.43 bits per heavy atom. The second-order valence-electron chi connectivity index (χ2n) is 11.6. The summed E-state index contributed by atoms with van der Waals surface area (Å²) >= 11 is 0. The zero-order valence-electron chi connectivity index (χ0n) is 25.3. The largest absolute Gasteiger partial charge is 0.444 e. The molecular weight excluding hydrogens is 602 g/mol. The summed E-state index contributed by atoms with van der Waals surface area (Å²) in [5, 5.41) is 3.44. The van der Waals surface area contributed by atoms with Gasteiger partial charge in [0.2, 0.25) is 0 Å². The van der Waals surface area contributed by atoms with E-state index in [-0.39, 0.29) is 42.7 Å². The number of hydrogen-bond donors (Lipinski definition) is 1. The maximum absolute atomic E-state index is 14.3. The Kier molecular flexibility index (Phi) is 11.5. The molecule has 2 heterocycles. The number of nitrogens with one attached hydrogen (secondary N) is 1. The fourth-order valence-corrected chi connectivity index (χ4v) is 6.64. The zero-order valence-corrected chi connectivity index (χ0v) is 26.9. The number of ether oxygens (including phenoxy) is 1. The van der Waals surface area contributed by atoms with Gasteiger partial charge in [-0.05, 0) is 31.2 Å². The molecular formula is C32H42ClN5O5S. The second-order valence-corrected chi connectivity index (χ2v) is 13.8. The summed E-state index contributed by atoms with van der Waals surface area (Å²) < 4.78 is 31.2. The third kappa shape index (κ3) is 8.19. The van der Waals surface area contributed by atoms with Crippen LogP contribution in [0.15, 0.2) is 67.0 Å². The molecule has 2 amide bonds. The smallest absolute Gasteiger partial charge is 0.409 e. The van der Waals surface area contributed by atoms with Crippen LogP contribution in [0.25, 0.3) is 11.3 Å². The number of amides is 2. The number of carbonyl (C=O) groups excluding carboxylic acids is 2. The van der Waals surface area contributed by atoms with Crippen LogP contribution in [-0.4, -0.2) is 97.2 Å². The molecule has 5 rings (SSSR count). The molecule has 12 heteroatoms. The standard InChI is InChI=1S/C32H41N5O5S.ClH/c1-35(19-20-43(2,40)41)32(39)42-28-16-10-9-15-27(28)37-23-34-29(30(37)25-13-7-4-8-14-25)31(38)36-18-17-33-22-26(36)21-24-11-5-3-6-12-24;/h3-8,11-14,23,26-28,33H,9-10,15-22H2,1-2H3;1H/t26-,27+,28+;/m1./s1. The van der Waals surface area contributed by atoms with E-state index in [9.17, 15) is 18.0 Å². The van der Waals surface area contributed by atoms with Gasteiger partial charge >= 0.3 is 6.09 Å². The molecule has 0 radical (unpaired) electrons. The molecule has 0 spiro atoms. The van der Waals surface area contributed by atoms with Crippen LogP contribution in [0.3, 0.4) is 0 Å². The first-order valence-corrected chi connectivity index (χ1v) is 17.0. The minimum absolute atomic E-state index is 0. The van der Waals surface area contributed by atoms with Crippen LogP contribution in [0, 0.1) is 0 Å². The van der Waals surface area contributed by atoms with Gasteiger partial charge in [0, 0.05) is 51.1 Å². The molecule has 2 aromatic carbocycles. The Labute approximate surface area is 266 Å². The fraction of sp³-hybridized carbons (Fsp3) is 0.469. The summed E-state index contributed by atoms with van der Waals surface area (Å²) in [6.45, 7) is 2.06. The molecule has 1 aliphatic carbocycles. The number of sulfone groups is 1. The van der Waals surface area contributed by atoms with E-state index in [1.165, 1.54) is 10.5 Å². The average Bonchev–Trinajstić information content (AvgIpc) is 3.46. The number of imidazole rings is 1. The highest BCUT2D eigenvalue weighted by Gasteiger charge is 2.36. The predicted octanol–water partition coefficient (Wildman–Crippen LogP) is 4.23. The monoisotopic (exact) mass is 643 g/mol. The highest BCUT2D eigenvalue weighted by molar-refractivity contribution is 7.90. The summed E-state index contributed by atoms with van der Waals surface area (Å²) in [7, 11) is -1.66. The number of carbonyl (C=O) groups is 2. The van der Waals surface area contributed by atoms with E-state index in [0.717, 1.165) is 43.2 Å². The Morgan fingerprint density at radius 1 is 1.05 bits per heavy atom. The van der Waals surface area contributed by atoms with Crippen LogP contribution in [0.2, 0.25) is 0 Å². The molecule has 0 unspecified atom stereocenters. The minimum atomic E-state index is -3.21. The van der Waals surface area contributed by atoms with E-state index in [4.69, 9.17) is 9.72 Å². The Morgan fingerprint density at radius 2 is 1.73 bits per heavy atom. The van der Waals surface area contributed by atoms with Crippen LogP contribution in [0.1, 0.15) is 47.8 Å². The molecule has 10 nitrogen and oxygen atoms in total. The molecule has 44 heavy (non-hydrogen) atoms. The van der Waals surface area contributed by atoms with E-state index >= 15 is 0 Å². The van der Waals surface area contributed by atoms with Gasteiger partial charge in [-0.1, -0.05) is 67.1 Å². The van der Waals surface area contributed by atoms with E-state index in [2.05, 4.69) is 17.4 Å². The molecule has 1 saturated carbocycles. The van der Waals surface area contributed by atoms with Crippen LogP contribution in [-0.2, 0) is 21.0 Å². The van der Waals surface area contributed by atoms with Gasteiger partial charge in [-0.3, -0.25) is 4.79 Å². The fourth-order valence-electron chi connectivity index (χ4n) is 6.03. The Hall–Kier alpha value is -3.41. The van der Waals surface area contributed by atoms with Crippen LogP contribution >= 0.6 is 12.4 Å². The summed E-state index contributed by atoms with van der Waals surface area (Å²) in [4.78, 5) is 35.2. The topological polar surface area (TPSA) is 114 Å². The SMILES string of the molecule is CN(CCS(C)(=O)=O)C(=O)O[C@H]1CCCC[C@@H]1n1cnc(C(=O)N2CCNC[C@H]2Cc2ccccc2)c1-c1ccccc1.Cl. The van der Waals surface area contributed by atoms with Gasteiger partial charge in [0.25, 0.3) is 5.91 Å². The molecule has 2 aliphatic rings. The normalized spacial score (nSPS) is 20.4. The van der Waals surface area contributed by atoms with Crippen molar-refractivity contribution in [3.8, 4) is 11.3 Å². The van der Waals surface area contributed by atoms with Gasteiger partial charge in [0.1, 0.15) is 15.9 Å². The van der Waals surface area contributed by atoms with Crippen LogP contribution in [0.5, 0.6) is 0 Å². The van der Waals surface area contributed by atoms with Crippen molar-refractivity contribution in [2.45, 2.75) is 50.3 Å². The third-order valence-electron chi connectivity index (χ3n) is 8.36. The molecule has 0 bridgehead atoms. The summed E-state index contributed by atoms with van der Waals surface area (Å²) in [5.41, 5.74) is 3.17. The minimum Gasteiger partial charge on any atom is -0.444 e. The lowest BCUT2D eigenvalue weighted by atomic mass is 9.91. The van der Waals surface area contributed by atoms with Gasteiger partial charge in [-0.25, -0.2) is 18.2 Å². The second kappa shape index (κ2) is 15.0. The first kappa shape index (κ1) is 33.5. The molecule has 2 fully saturated rings. The summed E-state index contributed by atoms with van der Waals surface area (Å²) in [6.07, 6.45) is 5.91. The van der Waals surface area contributed by atoms with Crippen molar-refractivity contribution in [2.75, 3.05) is 45.2 Å². The number of piperazine rings is 1. The van der Waals surface area contributed by atoms with Crippen LogP contribution < -0.4 is 5.32 Å². The highest BCUT2D eigenvalue weighted by Crippen LogP contribution is 2.36. The van der Waals surface area contributed by atoms with Gasteiger partial charge in [-0.15, -0.1) is 12.4 Å². The predicted molar refractivity (Wildman–Crippen MR) is 173 cm³/mol. The Balaban J connectivity index is 0.00000442. The summed E-state index contributed by atoms with van der Waals surface area (Å²) in [5.74, 6) is -0.236. The quantitative estimate of drug-likeness (QED) is 0.371. The summed E-state index contributed by atoms with van der Waals surface area (Å²) in [6, 6.07) is 19.8. The van der Waals surface area contributed by atoms with Gasteiger partial charge in [-0.2, -0.15) is 0 Å². The van der Waals surface area contributed by atoms with E-state index in [0.29, 0.717) is 31.7 Å². The maximum atomic E-state index is 14.3. The van der Waals surface area contributed by atoms with E-state index < -0.39 is 22.0 Å². The molecule has 3 atom stereocenters. The lowest BCUT2D eigenvalue weighted by molar-refractivity contribution is 0.0242. The number of nitrogens with zero attached hydrogens (tertiary/aromatic N) is 4. The molecule has 1 aromatic heterocycles. The van der Waals surface area contributed by atoms with Crippen molar-refractivity contribution >= 4 is 34.2 Å². The number of rotatable bonds is 9. The van der Waals surface area contributed by atoms with Gasteiger partial charge in [0.05, 0.1) is 23.8 Å². The number of benzene rings is 2. The molecule has 1 saturated heterocycles. The lowest BCUT2D eigenvalue weighted by Crippen LogP contribution is -2.54. The van der Waals surface area contributed by atoms with E-state index in [1.54, 1.807) is 13.4 Å². The lowest BCUT2D eigenvalue weighted by Gasteiger charge is -2.36. The Bertz CT molecular complexity index is 1500. The highest BCUT2D eigenvalue weighted by atomic mass is 35.5. The number of hydrogen-bond acceptors (Lipinski definition) is 7. The first-order valence-electron chi connectivity index (χ1n) is 15.0. The van der Waals surface area contributed by atoms with Crippen LogP contribution in [0.4, 0.5) is 4.79 Å². The molecule has 238 valence electrons. The molecule has 1 N–H and O–H groups in total. The molecule has 3 aromatic rings. The van der Waals surface area contributed by atoms with Crippen molar-refractivity contribution in [3.63, 3.8) is 0 Å². The van der Waals surface area contributed by atoms with Crippen molar-refractivity contribution in [1.82, 2.24) is 24.7 Å². The zero-order chi connectivity index (χ0) is 30.4. The van der Waals surface area contributed by atoms with Crippen molar-refractivity contribution < 1.29 is 22.7 Å². The van der Waals surface area contributed by atoms with Crippen molar-refractivity contribution in [3.05, 3.63) is 78.2 Å². The molecule has 1 aliphatic heterocycles. The van der Waals surface area contributed by atoms with Gasteiger partial charge < -0.3 is 24.4 Å². The third-order valence-corrected chi connectivity index (χ3v) is 9.28. The van der Waals surface area contributed by atoms with Crippen molar-refractivity contribution in [2.24, 2.45) is 0 Å². The number of aromatic nitrogens is 2. The number of halogens is 1. The van der Waals surface area contributed by atoms with E-state index in [1.807, 2.05) is 58.0 Å². The van der Waals surface area contributed by atoms with Gasteiger partial charge in [0.15, 0.2) is 5.69 Å². The average molecular weight is 644 g/mol.